The van der Waals surface area contributed by atoms with Crippen molar-refractivity contribution in [3.63, 3.8) is 0 Å². The Morgan fingerprint density at radius 1 is 0.929 bits per heavy atom. The van der Waals surface area contributed by atoms with Gasteiger partial charge in [0.1, 0.15) is 0 Å². The monoisotopic (exact) mass is 408 g/mol. The molecule has 0 saturated heterocycles. The number of nitrogens with one attached hydrogen (secondary N) is 2. The quantitative estimate of drug-likeness (QED) is 0.593. The molecule has 0 aromatic heterocycles. The molecule has 4 nitrogen and oxygen atoms in total. The van der Waals surface area contributed by atoms with E-state index in [2.05, 4.69) is 41.2 Å². The molecule has 0 unspecified atom stereocenters. The highest BCUT2D eigenvalue weighted by Gasteiger charge is 2.30. The minimum atomic E-state index is -3.23. The van der Waals surface area contributed by atoms with E-state index >= 15 is 0 Å². The summed E-state index contributed by atoms with van der Waals surface area (Å²) in [7, 11) is -3.23. The van der Waals surface area contributed by atoms with Gasteiger partial charge < -0.3 is 5.32 Å². The van der Waals surface area contributed by atoms with Gasteiger partial charge in [-0.3, -0.25) is 0 Å². The van der Waals surface area contributed by atoms with E-state index in [1.165, 1.54) is 43.2 Å². The molecule has 1 fully saturated rings. The second kappa shape index (κ2) is 10.7. The van der Waals surface area contributed by atoms with Gasteiger partial charge in [-0.1, -0.05) is 37.6 Å². The third-order valence-electron chi connectivity index (χ3n) is 5.94. The predicted molar refractivity (Wildman–Crippen MR) is 119 cm³/mol. The van der Waals surface area contributed by atoms with Crippen LogP contribution in [-0.2, 0) is 23.0 Å². The van der Waals surface area contributed by atoms with Crippen LogP contribution in [0.1, 0.15) is 77.3 Å². The van der Waals surface area contributed by atoms with Crippen LogP contribution in [0.4, 0.5) is 0 Å². The molecule has 0 heterocycles. The minimum Gasteiger partial charge on any atom is -0.312 e. The van der Waals surface area contributed by atoms with Crippen molar-refractivity contribution in [3.8, 4) is 0 Å². The van der Waals surface area contributed by atoms with Crippen molar-refractivity contribution < 1.29 is 8.42 Å². The summed E-state index contributed by atoms with van der Waals surface area (Å²) in [6, 6.07) is 9.01. The average Bonchev–Trinajstić information content (AvgIpc) is 2.66. The molecular formula is C23H40N2O2S. The van der Waals surface area contributed by atoms with E-state index in [4.69, 9.17) is 0 Å². The lowest BCUT2D eigenvalue weighted by atomic mass is 9.82. The maximum absolute atomic E-state index is 12.2. The van der Waals surface area contributed by atoms with Crippen LogP contribution in [0.15, 0.2) is 24.3 Å². The summed E-state index contributed by atoms with van der Waals surface area (Å²) in [5.74, 6) is 1.18. The van der Waals surface area contributed by atoms with Gasteiger partial charge >= 0.3 is 0 Å². The molecule has 1 saturated carbocycles. The lowest BCUT2D eigenvalue weighted by Gasteiger charge is -2.30. The van der Waals surface area contributed by atoms with Crippen LogP contribution in [0, 0.1) is 11.8 Å². The van der Waals surface area contributed by atoms with Gasteiger partial charge in [0.25, 0.3) is 0 Å². The zero-order valence-electron chi connectivity index (χ0n) is 18.3. The fourth-order valence-corrected chi connectivity index (χ4v) is 4.60. The number of aryl methyl sites for hydroxylation is 1. The summed E-state index contributed by atoms with van der Waals surface area (Å²) < 4.78 is 26.5. The van der Waals surface area contributed by atoms with Crippen molar-refractivity contribution in [1.29, 1.82) is 0 Å². The molecule has 28 heavy (non-hydrogen) atoms. The molecule has 1 aromatic rings. The Labute approximate surface area is 172 Å². The molecule has 1 aliphatic rings. The lowest BCUT2D eigenvalue weighted by molar-refractivity contribution is 0.267. The number of hydrogen-bond acceptors (Lipinski definition) is 3. The van der Waals surface area contributed by atoms with E-state index in [0.717, 1.165) is 25.9 Å². The van der Waals surface area contributed by atoms with Crippen molar-refractivity contribution in [1.82, 2.24) is 10.0 Å². The first-order valence-corrected chi connectivity index (χ1v) is 12.5. The zero-order valence-corrected chi connectivity index (χ0v) is 19.1. The fraction of sp³-hybridized carbons (Fsp3) is 0.739. The average molecular weight is 409 g/mol. The summed E-state index contributed by atoms with van der Waals surface area (Å²) in [4.78, 5) is 0. The van der Waals surface area contributed by atoms with Crippen molar-refractivity contribution in [2.45, 2.75) is 83.9 Å². The molecule has 0 spiro atoms. The first-order valence-electron chi connectivity index (χ1n) is 11.0. The number of unbranched alkanes of at least 4 members (excludes halogenated alkanes) is 1. The zero-order chi connectivity index (χ0) is 20.6. The van der Waals surface area contributed by atoms with E-state index in [0.29, 0.717) is 18.4 Å². The summed E-state index contributed by atoms with van der Waals surface area (Å²) in [5, 5.41) is 3.61. The van der Waals surface area contributed by atoms with E-state index in [1.807, 2.05) is 0 Å². The van der Waals surface area contributed by atoms with Crippen LogP contribution in [0.3, 0.4) is 0 Å². The molecule has 1 aromatic carbocycles. The molecule has 5 heteroatoms. The number of hydrogen-bond donors (Lipinski definition) is 2. The van der Waals surface area contributed by atoms with E-state index in [1.54, 1.807) is 20.8 Å². The molecule has 160 valence electrons. The third kappa shape index (κ3) is 7.49. The van der Waals surface area contributed by atoms with Gasteiger partial charge in [-0.25, -0.2) is 13.1 Å². The van der Waals surface area contributed by atoms with Gasteiger partial charge in [-0.15, -0.1) is 0 Å². The summed E-state index contributed by atoms with van der Waals surface area (Å²) >= 11 is 0. The van der Waals surface area contributed by atoms with Crippen molar-refractivity contribution in [3.05, 3.63) is 35.4 Å². The van der Waals surface area contributed by atoms with Crippen LogP contribution in [0.25, 0.3) is 0 Å². The van der Waals surface area contributed by atoms with Crippen LogP contribution in [0.2, 0.25) is 0 Å². The van der Waals surface area contributed by atoms with Crippen LogP contribution in [0.5, 0.6) is 0 Å². The number of sulfonamides is 1. The van der Waals surface area contributed by atoms with Gasteiger partial charge in [0, 0.05) is 13.1 Å². The largest absolute Gasteiger partial charge is 0.312 e. The summed E-state index contributed by atoms with van der Waals surface area (Å²) in [5.41, 5.74) is 2.79. The smallest absolute Gasteiger partial charge is 0.216 e. The molecule has 0 amide bonds. The Morgan fingerprint density at radius 3 is 2.00 bits per heavy atom. The van der Waals surface area contributed by atoms with E-state index in [-0.39, 0.29) is 0 Å². The minimum absolute atomic E-state index is 0.476. The molecule has 2 N–H and O–H groups in total. The molecule has 1 aliphatic carbocycles. The highest BCUT2D eigenvalue weighted by molar-refractivity contribution is 7.90. The van der Waals surface area contributed by atoms with Gasteiger partial charge in [0.15, 0.2) is 0 Å². The van der Waals surface area contributed by atoms with Gasteiger partial charge in [0.2, 0.25) is 10.0 Å². The Kier molecular flexibility index (Phi) is 8.97. The standard InChI is InChI=1S/C23H40N2O2S/c1-5-6-7-19-8-10-20(11-9-19)16-24-17-21-12-14-22(15-13-21)18-25-28(26,27)23(2,3)4/h8-11,21-22,24-25H,5-7,12-18H2,1-4H3. The first-order chi connectivity index (χ1) is 13.2. The molecule has 0 aliphatic heterocycles. The third-order valence-corrected chi connectivity index (χ3v) is 8.10. The maximum atomic E-state index is 12.2. The second-order valence-electron chi connectivity index (χ2n) is 9.40. The van der Waals surface area contributed by atoms with Crippen molar-refractivity contribution >= 4 is 10.0 Å². The van der Waals surface area contributed by atoms with Crippen molar-refractivity contribution in [2.24, 2.45) is 11.8 Å². The first kappa shape index (κ1) is 23.4. The Bertz CT molecular complexity index is 670. The molecule has 0 atom stereocenters. The van der Waals surface area contributed by atoms with E-state index < -0.39 is 14.8 Å². The number of benzene rings is 1. The maximum Gasteiger partial charge on any atom is 0.216 e. The van der Waals surface area contributed by atoms with Gasteiger partial charge in [-0.05, 0) is 88.8 Å². The topological polar surface area (TPSA) is 58.2 Å². The normalized spacial score (nSPS) is 21.0. The highest BCUT2D eigenvalue weighted by Crippen LogP contribution is 2.28. The van der Waals surface area contributed by atoms with Gasteiger partial charge in [-0.2, -0.15) is 0 Å². The SMILES string of the molecule is CCCCc1ccc(CNCC2CCC(CNS(=O)(=O)C(C)(C)C)CC2)cc1. The van der Waals surface area contributed by atoms with E-state index in [9.17, 15) is 8.42 Å². The van der Waals surface area contributed by atoms with Gasteiger partial charge in [0.05, 0.1) is 4.75 Å². The predicted octanol–water partition coefficient (Wildman–Crippen LogP) is 4.64. The molecule has 2 rings (SSSR count). The Morgan fingerprint density at radius 2 is 1.46 bits per heavy atom. The fourth-order valence-electron chi connectivity index (χ4n) is 3.71. The van der Waals surface area contributed by atoms with Crippen LogP contribution in [-0.4, -0.2) is 26.3 Å². The van der Waals surface area contributed by atoms with Crippen LogP contribution < -0.4 is 10.0 Å². The molecular weight excluding hydrogens is 368 g/mol. The summed E-state index contributed by atoms with van der Waals surface area (Å²) in [6.45, 7) is 10.0. The Balaban J connectivity index is 1.64. The number of rotatable bonds is 10. The highest BCUT2D eigenvalue weighted by atomic mass is 32.2. The Hall–Kier alpha value is -0.910. The molecule has 0 radical (unpaired) electrons. The second-order valence-corrected chi connectivity index (χ2v) is 11.9. The lowest BCUT2D eigenvalue weighted by Crippen LogP contribution is -2.42. The van der Waals surface area contributed by atoms with Crippen LogP contribution >= 0.6 is 0 Å². The summed E-state index contributed by atoms with van der Waals surface area (Å²) in [6.07, 6.45) is 8.29. The van der Waals surface area contributed by atoms with Crippen molar-refractivity contribution in [2.75, 3.05) is 13.1 Å². The molecule has 0 bridgehead atoms.